The van der Waals surface area contributed by atoms with Crippen LogP contribution in [0.25, 0.3) is 0 Å². The van der Waals surface area contributed by atoms with Gasteiger partial charge in [-0.1, -0.05) is 11.5 Å². The summed E-state index contributed by atoms with van der Waals surface area (Å²) in [6.45, 7) is 0. The largest absolute Gasteiger partial charge is 0.208 e. The highest BCUT2D eigenvalue weighted by atomic mass is 127. The molecule has 9 heavy (non-hydrogen) atoms. The second-order valence-corrected chi connectivity index (χ2v) is 2.91. The molecule has 0 fully saturated rings. The van der Waals surface area contributed by atoms with Gasteiger partial charge in [0, 0.05) is 3.57 Å². The minimum atomic E-state index is -0.351. The van der Waals surface area contributed by atoms with Crippen LogP contribution < -0.4 is 5.46 Å². The van der Waals surface area contributed by atoms with Crippen molar-refractivity contribution < 1.29 is 4.39 Å². The maximum Gasteiger partial charge on any atom is 0.117 e. The van der Waals surface area contributed by atoms with E-state index in [2.05, 4.69) is 22.6 Å². The van der Waals surface area contributed by atoms with Gasteiger partial charge >= 0.3 is 0 Å². The third-order valence-corrected chi connectivity index (χ3v) is 1.63. The van der Waals surface area contributed by atoms with E-state index < -0.39 is 0 Å². The number of halogens is 2. The van der Waals surface area contributed by atoms with Crippen LogP contribution in [-0.4, -0.2) is 7.85 Å². The summed E-state index contributed by atoms with van der Waals surface area (Å²) in [5.74, 6) is -0.351. The minimum absolute atomic E-state index is 0.210. The first kappa shape index (κ1) is 7.06. The van der Waals surface area contributed by atoms with Crippen LogP contribution >= 0.6 is 22.6 Å². The smallest absolute Gasteiger partial charge is 0.117 e. The van der Waals surface area contributed by atoms with Gasteiger partial charge in [-0.15, -0.1) is 0 Å². The molecule has 0 bridgehead atoms. The van der Waals surface area contributed by atoms with Gasteiger partial charge in [-0.2, -0.15) is 0 Å². The van der Waals surface area contributed by atoms with Gasteiger partial charge in [0.05, 0.1) is 0 Å². The van der Waals surface area contributed by atoms with E-state index in [4.69, 9.17) is 7.85 Å². The fraction of sp³-hybridized carbons (Fsp3) is 0. The van der Waals surface area contributed by atoms with Crippen LogP contribution in [0.4, 0.5) is 4.39 Å². The number of rotatable bonds is 0. The zero-order valence-electron chi connectivity index (χ0n) is 4.57. The Hall–Kier alpha value is -0.0551. The molecule has 3 heteroatoms. The lowest BCUT2D eigenvalue weighted by Gasteiger charge is -1.94. The molecule has 0 spiro atoms. The van der Waals surface area contributed by atoms with Gasteiger partial charge in [-0.3, -0.25) is 0 Å². The highest BCUT2D eigenvalue weighted by Crippen LogP contribution is 2.01. The van der Waals surface area contributed by atoms with E-state index in [1.807, 2.05) is 0 Å². The van der Waals surface area contributed by atoms with Gasteiger partial charge in [0.2, 0.25) is 0 Å². The molecule has 1 aromatic carbocycles. The second-order valence-electron chi connectivity index (χ2n) is 1.67. The van der Waals surface area contributed by atoms with Crippen molar-refractivity contribution in [2.24, 2.45) is 0 Å². The Morgan fingerprint density at radius 1 is 1.44 bits per heavy atom. The van der Waals surface area contributed by atoms with Crippen molar-refractivity contribution in [2.45, 2.75) is 0 Å². The van der Waals surface area contributed by atoms with Crippen molar-refractivity contribution in [2.75, 3.05) is 0 Å². The summed E-state index contributed by atoms with van der Waals surface area (Å²) in [5.41, 5.74) is 0.210. The summed E-state index contributed by atoms with van der Waals surface area (Å²) < 4.78 is 13.3. The fourth-order valence-corrected chi connectivity index (χ4v) is 1.03. The van der Waals surface area contributed by atoms with Gasteiger partial charge in [0.15, 0.2) is 0 Å². The first-order valence-corrected chi connectivity index (χ1v) is 3.48. The SMILES string of the molecule is [B]c1cc(I)ccc1F. The molecular weight excluding hydrogens is 229 g/mol. The minimum Gasteiger partial charge on any atom is -0.208 e. The third kappa shape index (κ3) is 1.68. The lowest BCUT2D eigenvalue weighted by molar-refractivity contribution is 0.636. The summed E-state index contributed by atoms with van der Waals surface area (Å²) in [6.07, 6.45) is 0. The Bertz CT molecular complexity index is 224. The predicted octanol–water partition coefficient (Wildman–Crippen LogP) is 1.22. The molecule has 0 atom stereocenters. The third-order valence-electron chi connectivity index (χ3n) is 0.958. The molecule has 2 radical (unpaired) electrons. The van der Waals surface area contributed by atoms with Crippen LogP contribution in [0.2, 0.25) is 0 Å². The van der Waals surface area contributed by atoms with Gasteiger partial charge in [-0.05, 0) is 34.7 Å². The predicted molar refractivity (Wildman–Crippen MR) is 44.5 cm³/mol. The van der Waals surface area contributed by atoms with Crippen molar-refractivity contribution >= 4 is 35.9 Å². The molecule has 0 saturated carbocycles. The lowest BCUT2D eigenvalue weighted by atomic mass is 9.96. The van der Waals surface area contributed by atoms with Crippen LogP contribution in [0.5, 0.6) is 0 Å². The molecule has 1 aromatic rings. The molecule has 0 heterocycles. The van der Waals surface area contributed by atoms with Crippen molar-refractivity contribution in [3.8, 4) is 0 Å². The van der Waals surface area contributed by atoms with E-state index in [0.29, 0.717) is 0 Å². The Morgan fingerprint density at radius 2 is 2.11 bits per heavy atom. The average Bonchev–Trinajstić information content (AvgIpc) is 1.80. The molecule has 0 saturated heterocycles. The van der Waals surface area contributed by atoms with Crippen LogP contribution in [0.3, 0.4) is 0 Å². The van der Waals surface area contributed by atoms with Crippen molar-refractivity contribution in [3.63, 3.8) is 0 Å². The fourth-order valence-electron chi connectivity index (χ4n) is 0.515. The molecule has 0 unspecified atom stereocenters. The average molecular weight is 232 g/mol. The Balaban J connectivity index is 3.17. The maximum atomic E-state index is 12.4. The molecule has 0 amide bonds. The highest BCUT2D eigenvalue weighted by molar-refractivity contribution is 14.1. The molecule has 44 valence electrons. The standard InChI is InChI=1S/C6H3BFI/c7-5-3-4(9)1-2-6(5)8/h1-3H. The van der Waals surface area contributed by atoms with Crippen LogP contribution in [0, 0.1) is 9.39 Å². The summed E-state index contributed by atoms with van der Waals surface area (Å²) in [7, 11) is 5.24. The van der Waals surface area contributed by atoms with E-state index in [1.165, 1.54) is 6.07 Å². The summed E-state index contributed by atoms with van der Waals surface area (Å²) >= 11 is 2.08. The zero-order chi connectivity index (χ0) is 6.85. The Morgan fingerprint density at radius 3 is 2.56 bits per heavy atom. The van der Waals surface area contributed by atoms with E-state index in [9.17, 15) is 4.39 Å². The van der Waals surface area contributed by atoms with Gasteiger partial charge < -0.3 is 0 Å². The molecule has 0 aliphatic carbocycles. The van der Waals surface area contributed by atoms with Gasteiger partial charge in [0.25, 0.3) is 0 Å². The van der Waals surface area contributed by atoms with E-state index in [0.717, 1.165) is 3.57 Å². The van der Waals surface area contributed by atoms with E-state index in [-0.39, 0.29) is 11.3 Å². The maximum absolute atomic E-state index is 12.4. The zero-order valence-corrected chi connectivity index (χ0v) is 6.72. The van der Waals surface area contributed by atoms with Crippen molar-refractivity contribution in [1.82, 2.24) is 0 Å². The molecule has 0 N–H and O–H groups in total. The van der Waals surface area contributed by atoms with Crippen LogP contribution in [-0.2, 0) is 0 Å². The molecule has 0 aromatic heterocycles. The van der Waals surface area contributed by atoms with Gasteiger partial charge in [0.1, 0.15) is 13.7 Å². The first-order valence-electron chi connectivity index (χ1n) is 2.40. The number of benzene rings is 1. The summed E-state index contributed by atoms with van der Waals surface area (Å²) in [5, 5.41) is 0. The highest BCUT2D eigenvalue weighted by Gasteiger charge is 1.93. The summed E-state index contributed by atoms with van der Waals surface area (Å²) in [6, 6.07) is 4.62. The lowest BCUT2D eigenvalue weighted by Crippen LogP contribution is -2.07. The quantitative estimate of drug-likeness (QED) is 0.466. The van der Waals surface area contributed by atoms with Crippen molar-refractivity contribution in [1.29, 1.82) is 0 Å². The van der Waals surface area contributed by atoms with E-state index in [1.54, 1.807) is 12.1 Å². The Labute approximate surface area is 68.0 Å². The van der Waals surface area contributed by atoms with Crippen LogP contribution in [0.15, 0.2) is 18.2 Å². The van der Waals surface area contributed by atoms with Gasteiger partial charge in [-0.25, -0.2) is 4.39 Å². The summed E-state index contributed by atoms with van der Waals surface area (Å²) in [4.78, 5) is 0. The number of hydrogen-bond donors (Lipinski definition) is 0. The second kappa shape index (κ2) is 2.69. The van der Waals surface area contributed by atoms with E-state index >= 15 is 0 Å². The van der Waals surface area contributed by atoms with Crippen molar-refractivity contribution in [3.05, 3.63) is 27.6 Å². The topological polar surface area (TPSA) is 0 Å². The first-order chi connectivity index (χ1) is 4.20. The molecule has 0 nitrogen and oxygen atoms in total. The molecular formula is C6H3BFI. The van der Waals surface area contributed by atoms with Crippen LogP contribution in [0.1, 0.15) is 0 Å². The monoisotopic (exact) mass is 232 g/mol. The number of hydrogen-bond acceptors (Lipinski definition) is 0. The Kier molecular flexibility index (Phi) is 2.11. The molecule has 0 aliphatic rings. The molecule has 0 aliphatic heterocycles. The molecule has 1 rings (SSSR count). The normalized spacial score (nSPS) is 9.56.